The van der Waals surface area contributed by atoms with Crippen LogP contribution in [0.1, 0.15) is 27.4 Å². The highest BCUT2D eigenvalue weighted by atomic mass is 32.1. The molecule has 2 rings (SSSR count). The lowest BCUT2D eigenvalue weighted by atomic mass is 10.4. The summed E-state index contributed by atoms with van der Waals surface area (Å²) in [5, 5.41) is 3.09. The van der Waals surface area contributed by atoms with Gasteiger partial charge in [-0.3, -0.25) is 4.79 Å². The molecule has 4 heteroatoms. The summed E-state index contributed by atoms with van der Waals surface area (Å²) < 4.78 is 0. The van der Waals surface area contributed by atoms with E-state index in [9.17, 15) is 4.79 Å². The van der Waals surface area contributed by atoms with E-state index < -0.39 is 0 Å². The number of hydrogen-bond acceptors (Lipinski definition) is 3. The van der Waals surface area contributed by atoms with E-state index in [-0.39, 0.29) is 5.91 Å². The molecule has 1 fully saturated rings. The molecule has 82 valence electrons. The highest BCUT2D eigenvalue weighted by Crippen LogP contribution is 2.20. The van der Waals surface area contributed by atoms with Crippen molar-refractivity contribution in [1.82, 2.24) is 10.2 Å². The number of carbonyl (C=O) groups excluding carboxylic acids is 1. The first-order chi connectivity index (χ1) is 7.31. The molecule has 0 spiro atoms. The molecule has 1 aliphatic heterocycles. The molecule has 1 saturated heterocycles. The van der Waals surface area contributed by atoms with Gasteiger partial charge >= 0.3 is 0 Å². The van der Waals surface area contributed by atoms with Crippen molar-refractivity contribution in [3.8, 4) is 0 Å². The van der Waals surface area contributed by atoms with E-state index >= 15 is 0 Å². The molecule has 0 unspecified atom stereocenters. The summed E-state index contributed by atoms with van der Waals surface area (Å²) in [5.74, 6) is 0.208. The molecule has 0 atom stereocenters. The Morgan fingerprint density at radius 3 is 2.87 bits per heavy atom. The second-order valence-corrected chi connectivity index (χ2v) is 4.96. The smallest absolute Gasteiger partial charge is 0.263 e. The molecule has 0 radical (unpaired) electrons. The van der Waals surface area contributed by atoms with Crippen LogP contribution in [0, 0.1) is 0 Å². The second kappa shape index (κ2) is 4.77. The molecule has 1 aliphatic rings. The van der Waals surface area contributed by atoms with E-state index in [0.717, 1.165) is 37.4 Å². The molecule has 0 bridgehead atoms. The van der Waals surface area contributed by atoms with Gasteiger partial charge in [0.25, 0.3) is 5.91 Å². The Morgan fingerprint density at radius 1 is 1.47 bits per heavy atom. The molecule has 1 N–H and O–H groups in total. The Labute approximate surface area is 94.1 Å². The number of likely N-dealkylation sites (tertiary alicyclic amines) is 1. The fourth-order valence-electron chi connectivity index (χ4n) is 1.84. The van der Waals surface area contributed by atoms with Crippen LogP contribution in [0.2, 0.25) is 0 Å². The van der Waals surface area contributed by atoms with Gasteiger partial charge in [-0.15, -0.1) is 11.3 Å². The maximum absolute atomic E-state index is 12.0. The quantitative estimate of drug-likeness (QED) is 0.847. The van der Waals surface area contributed by atoms with E-state index in [1.807, 2.05) is 24.1 Å². The Morgan fingerprint density at radius 2 is 2.20 bits per heavy atom. The number of carbonyl (C=O) groups is 1. The van der Waals surface area contributed by atoms with Crippen molar-refractivity contribution in [3.63, 3.8) is 0 Å². The van der Waals surface area contributed by atoms with E-state index in [1.54, 1.807) is 11.3 Å². The second-order valence-electron chi connectivity index (χ2n) is 3.80. The van der Waals surface area contributed by atoms with Crippen molar-refractivity contribution in [3.05, 3.63) is 21.9 Å². The summed E-state index contributed by atoms with van der Waals surface area (Å²) in [6.45, 7) is 2.70. The summed E-state index contributed by atoms with van der Waals surface area (Å²) in [6.07, 6.45) is 2.31. The Bertz CT molecular complexity index is 342. The van der Waals surface area contributed by atoms with Crippen LogP contribution < -0.4 is 5.32 Å². The molecule has 2 heterocycles. The maximum Gasteiger partial charge on any atom is 0.263 e. The molecule has 1 aromatic heterocycles. The van der Waals surface area contributed by atoms with Crippen molar-refractivity contribution in [2.45, 2.75) is 19.4 Å². The van der Waals surface area contributed by atoms with Crippen LogP contribution in [0.4, 0.5) is 0 Å². The minimum absolute atomic E-state index is 0.208. The van der Waals surface area contributed by atoms with Crippen LogP contribution >= 0.6 is 11.3 Å². The Balaban J connectivity index is 2.04. The fourth-order valence-corrected chi connectivity index (χ4v) is 2.83. The van der Waals surface area contributed by atoms with Crippen molar-refractivity contribution in [2.75, 3.05) is 20.1 Å². The number of nitrogens with one attached hydrogen (secondary N) is 1. The highest BCUT2D eigenvalue weighted by molar-refractivity contribution is 7.14. The average molecular weight is 224 g/mol. The van der Waals surface area contributed by atoms with Crippen molar-refractivity contribution >= 4 is 17.2 Å². The zero-order valence-electron chi connectivity index (χ0n) is 8.95. The van der Waals surface area contributed by atoms with Gasteiger partial charge in [-0.1, -0.05) is 0 Å². The molecule has 0 aliphatic carbocycles. The van der Waals surface area contributed by atoms with Crippen molar-refractivity contribution in [2.24, 2.45) is 0 Å². The maximum atomic E-state index is 12.0. The number of hydrogen-bond donors (Lipinski definition) is 1. The minimum Gasteiger partial charge on any atom is -0.338 e. The SMILES string of the molecule is CNCc1ccc(C(=O)N2CCCC2)s1. The van der Waals surface area contributed by atoms with Crippen LogP contribution in [-0.2, 0) is 6.54 Å². The summed E-state index contributed by atoms with van der Waals surface area (Å²) in [4.78, 5) is 16.0. The molecule has 1 amide bonds. The van der Waals surface area contributed by atoms with E-state index in [1.165, 1.54) is 4.88 Å². The normalized spacial score (nSPS) is 15.9. The molecule has 3 nitrogen and oxygen atoms in total. The highest BCUT2D eigenvalue weighted by Gasteiger charge is 2.20. The summed E-state index contributed by atoms with van der Waals surface area (Å²) in [7, 11) is 1.92. The average Bonchev–Trinajstić information content (AvgIpc) is 2.87. The third-order valence-corrected chi connectivity index (χ3v) is 3.69. The lowest BCUT2D eigenvalue weighted by Crippen LogP contribution is -2.26. The number of rotatable bonds is 3. The zero-order chi connectivity index (χ0) is 10.7. The van der Waals surface area contributed by atoms with Gasteiger partial charge in [-0.05, 0) is 32.0 Å². The molecular formula is C11H16N2OS. The summed E-state index contributed by atoms with van der Waals surface area (Å²) in [6, 6.07) is 3.97. The zero-order valence-corrected chi connectivity index (χ0v) is 9.77. The van der Waals surface area contributed by atoms with Gasteiger partial charge in [0.2, 0.25) is 0 Å². The molecular weight excluding hydrogens is 208 g/mol. The summed E-state index contributed by atoms with van der Waals surface area (Å²) >= 11 is 1.60. The number of nitrogens with zero attached hydrogens (tertiary/aromatic N) is 1. The lowest BCUT2D eigenvalue weighted by molar-refractivity contribution is 0.0797. The number of amides is 1. The summed E-state index contributed by atoms with van der Waals surface area (Å²) in [5.41, 5.74) is 0. The lowest BCUT2D eigenvalue weighted by Gasteiger charge is -2.13. The van der Waals surface area contributed by atoms with Crippen LogP contribution in [0.15, 0.2) is 12.1 Å². The molecule has 0 saturated carbocycles. The van der Waals surface area contributed by atoms with Crippen LogP contribution in [0.25, 0.3) is 0 Å². The monoisotopic (exact) mass is 224 g/mol. The predicted molar refractivity (Wildman–Crippen MR) is 62.2 cm³/mol. The van der Waals surface area contributed by atoms with Crippen LogP contribution in [0.3, 0.4) is 0 Å². The minimum atomic E-state index is 0.208. The van der Waals surface area contributed by atoms with Gasteiger partial charge in [0.1, 0.15) is 0 Å². The molecule has 1 aromatic rings. The predicted octanol–water partition coefficient (Wildman–Crippen LogP) is 1.70. The van der Waals surface area contributed by atoms with Gasteiger partial charge in [0.15, 0.2) is 0 Å². The third kappa shape index (κ3) is 2.38. The number of thiophene rings is 1. The third-order valence-electron chi connectivity index (χ3n) is 2.62. The van der Waals surface area contributed by atoms with E-state index in [2.05, 4.69) is 5.32 Å². The molecule has 0 aromatic carbocycles. The largest absolute Gasteiger partial charge is 0.338 e. The van der Waals surface area contributed by atoms with Gasteiger partial charge in [0.05, 0.1) is 4.88 Å². The first-order valence-electron chi connectivity index (χ1n) is 5.34. The van der Waals surface area contributed by atoms with Gasteiger partial charge in [-0.25, -0.2) is 0 Å². The standard InChI is InChI=1S/C11H16N2OS/c1-12-8-9-4-5-10(15-9)11(14)13-6-2-3-7-13/h4-5,12H,2-3,6-8H2,1H3. The fraction of sp³-hybridized carbons (Fsp3) is 0.545. The van der Waals surface area contributed by atoms with E-state index in [4.69, 9.17) is 0 Å². The molecule has 15 heavy (non-hydrogen) atoms. The van der Waals surface area contributed by atoms with Crippen LogP contribution in [0.5, 0.6) is 0 Å². The Hall–Kier alpha value is -0.870. The van der Waals surface area contributed by atoms with Crippen molar-refractivity contribution in [1.29, 1.82) is 0 Å². The first kappa shape index (κ1) is 10.6. The first-order valence-corrected chi connectivity index (χ1v) is 6.15. The van der Waals surface area contributed by atoms with Crippen LogP contribution in [-0.4, -0.2) is 30.9 Å². The topological polar surface area (TPSA) is 32.3 Å². The van der Waals surface area contributed by atoms with E-state index in [0.29, 0.717) is 0 Å². The Kier molecular flexibility index (Phi) is 3.38. The van der Waals surface area contributed by atoms with Gasteiger partial charge in [-0.2, -0.15) is 0 Å². The van der Waals surface area contributed by atoms with Gasteiger partial charge < -0.3 is 10.2 Å². The van der Waals surface area contributed by atoms with Gasteiger partial charge in [0, 0.05) is 24.5 Å². The van der Waals surface area contributed by atoms with Crippen molar-refractivity contribution < 1.29 is 4.79 Å².